The number of halogens is 1. The Bertz CT molecular complexity index is 652. The van der Waals surface area contributed by atoms with Crippen molar-refractivity contribution in [1.82, 2.24) is 0 Å². The number of hydrogen-bond donors (Lipinski definition) is 0. The molecule has 0 aromatic heterocycles. The Kier molecular flexibility index (Phi) is 6.04. The van der Waals surface area contributed by atoms with Crippen LogP contribution in [0.25, 0.3) is 6.08 Å². The van der Waals surface area contributed by atoms with E-state index in [4.69, 9.17) is 25.8 Å². The Morgan fingerprint density at radius 2 is 2.09 bits per heavy atom. The standard InChI is InChI=1S/C17H20ClNO4/c1-4-6-7-22-16-13(18)8-12(10-15(16)21-5-2)9-14-17(20)23-11(3)19-14/h8-10H,4-7H2,1-3H3/b14-9+. The van der Waals surface area contributed by atoms with Crippen LogP contribution in [0.4, 0.5) is 0 Å². The number of carbonyl (C=O) groups is 1. The molecule has 0 N–H and O–H groups in total. The summed E-state index contributed by atoms with van der Waals surface area (Å²) >= 11 is 6.31. The first-order valence-corrected chi connectivity index (χ1v) is 8.01. The quantitative estimate of drug-likeness (QED) is 0.424. The molecule has 0 fully saturated rings. The Labute approximate surface area is 140 Å². The number of rotatable bonds is 7. The lowest BCUT2D eigenvalue weighted by Gasteiger charge is -2.14. The van der Waals surface area contributed by atoms with Crippen LogP contribution in [0.2, 0.25) is 5.02 Å². The van der Waals surface area contributed by atoms with E-state index in [1.165, 1.54) is 0 Å². The van der Waals surface area contributed by atoms with Crippen molar-refractivity contribution in [2.75, 3.05) is 13.2 Å². The predicted octanol–water partition coefficient (Wildman–Crippen LogP) is 4.23. The first-order valence-electron chi connectivity index (χ1n) is 7.63. The zero-order valence-electron chi connectivity index (χ0n) is 13.5. The first kappa shape index (κ1) is 17.3. The van der Waals surface area contributed by atoms with E-state index in [9.17, 15) is 4.79 Å². The zero-order chi connectivity index (χ0) is 16.8. The number of cyclic esters (lactones) is 1. The van der Waals surface area contributed by atoms with Crippen LogP contribution in [0.3, 0.4) is 0 Å². The molecule has 0 aliphatic carbocycles. The van der Waals surface area contributed by atoms with Crippen molar-refractivity contribution in [2.24, 2.45) is 4.99 Å². The van der Waals surface area contributed by atoms with Gasteiger partial charge in [-0.15, -0.1) is 0 Å². The second-order valence-electron chi connectivity index (χ2n) is 5.01. The molecule has 1 aliphatic heterocycles. The second-order valence-corrected chi connectivity index (χ2v) is 5.42. The number of unbranched alkanes of at least 4 members (excludes halogenated alkanes) is 1. The molecule has 1 aliphatic rings. The molecular formula is C17H20ClNO4. The molecule has 1 aromatic carbocycles. The lowest BCUT2D eigenvalue weighted by atomic mass is 10.1. The Morgan fingerprint density at radius 3 is 2.70 bits per heavy atom. The summed E-state index contributed by atoms with van der Waals surface area (Å²) in [6.07, 6.45) is 3.59. The van der Waals surface area contributed by atoms with Crippen LogP contribution in [0.5, 0.6) is 11.5 Å². The Morgan fingerprint density at radius 1 is 1.30 bits per heavy atom. The average Bonchev–Trinajstić information content (AvgIpc) is 2.80. The van der Waals surface area contributed by atoms with Gasteiger partial charge in [-0.1, -0.05) is 24.9 Å². The van der Waals surface area contributed by atoms with Crippen LogP contribution in [-0.2, 0) is 9.53 Å². The number of ether oxygens (including phenoxy) is 3. The van der Waals surface area contributed by atoms with Crippen molar-refractivity contribution in [3.05, 3.63) is 28.4 Å². The van der Waals surface area contributed by atoms with Crippen molar-refractivity contribution in [2.45, 2.75) is 33.6 Å². The molecule has 23 heavy (non-hydrogen) atoms. The topological polar surface area (TPSA) is 57.1 Å². The van der Waals surface area contributed by atoms with E-state index in [0.29, 0.717) is 41.2 Å². The highest BCUT2D eigenvalue weighted by Gasteiger charge is 2.20. The van der Waals surface area contributed by atoms with Crippen LogP contribution < -0.4 is 9.47 Å². The Balaban J connectivity index is 2.32. The third kappa shape index (κ3) is 4.48. The summed E-state index contributed by atoms with van der Waals surface area (Å²) in [4.78, 5) is 15.7. The molecule has 1 aromatic rings. The van der Waals surface area contributed by atoms with Gasteiger partial charge in [0.2, 0.25) is 0 Å². The Hall–Kier alpha value is -2.01. The summed E-state index contributed by atoms with van der Waals surface area (Å²) in [6, 6.07) is 3.49. The highest BCUT2D eigenvalue weighted by atomic mass is 35.5. The van der Waals surface area contributed by atoms with Crippen molar-refractivity contribution in [1.29, 1.82) is 0 Å². The van der Waals surface area contributed by atoms with E-state index in [-0.39, 0.29) is 5.70 Å². The lowest BCUT2D eigenvalue weighted by molar-refractivity contribution is -0.130. The minimum atomic E-state index is -0.472. The second kappa shape index (κ2) is 8.02. The molecule has 0 saturated heterocycles. The number of carbonyl (C=O) groups excluding carboxylic acids is 1. The van der Waals surface area contributed by atoms with Gasteiger partial charge >= 0.3 is 5.97 Å². The number of aliphatic imine (C=N–C) groups is 1. The molecule has 5 nitrogen and oxygen atoms in total. The number of hydrogen-bond acceptors (Lipinski definition) is 5. The molecule has 0 bridgehead atoms. The smallest absolute Gasteiger partial charge is 0.363 e. The minimum absolute atomic E-state index is 0.237. The van der Waals surface area contributed by atoms with E-state index >= 15 is 0 Å². The van der Waals surface area contributed by atoms with Gasteiger partial charge in [0.15, 0.2) is 23.1 Å². The molecule has 0 saturated carbocycles. The maximum Gasteiger partial charge on any atom is 0.363 e. The SMILES string of the molecule is CCCCOc1c(Cl)cc(/C=C2/N=C(C)OC2=O)cc1OCC. The summed E-state index contributed by atoms with van der Waals surface area (Å²) in [5.41, 5.74) is 0.937. The highest BCUT2D eigenvalue weighted by Crippen LogP contribution is 2.37. The summed E-state index contributed by atoms with van der Waals surface area (Å²) in [7, 11) is 0. The molecule has 124 valence electrons. The van der Waals surface area contributed by atoms with E-state index in [2.05, 4.69) is 11.9 Å². The van der Waals surface area contributed by atoms with Gasteiger partial charge in [-0.2, -0.15) is 0 Å². The molecule has 0 radical (unpaired) electrons. The molecule has 6 heteroatoms. The third-order valence-electron chi connectivity index (χ3n) is 3.11. The van der Waals surface area contributed by atoms with Crippen molar-refractivity contribution >= 4 is 29.5 Å². The van der Waals surface area contributed by atoms with Crippen molar-refractivity contribution in [3.63, 3.8) is 0 Å². The summed E-state index contributed by atoms with van der Waals surface area (Å²) < 4.78 is 16.2. The third-order valence-corrected chi connectivity index (χ3v) is 3.39. The number of esters is 1. The van der Waals surface area contributed by atoms with Gasteiger partial charge in [-0.3, -0.25) is 0 Å². The first-order chi connectivity index (χ1) is 11.0. The fraction of sp³-hybridized carbons (Fsp3) is 0.412. The largest absolute Gasteiger partial charge is 0.490 e. The fourth-order valence-corrected chi connectivity index (χ4v) is 2.34. The van der Waals surface area contributed by atoms with Crippen LogP contribution in [0, 0.1) is 0 Å². The lowest BCUT2D eigenvalue weighted by Crippen LogP contribution is -2.02. The molecule has 0 spiro atoms. The van der Waals surface area contributed by atoms with Crippen molar-refractivity contribution < 1.29 is 19.0 Å². The summed E-state index contributed by atoms with van der Waals surface area (Å²) in [6.45, 7) is 6.66. The summed E-state index contributed by atoms with van der Waals surface area (Å²) in [5, 5.41) is 0.436. The van der Waals surface area contributed by atoms with E-state index in [0.717, 1.165) is 12.8 Å². The summed E-state index contributed by atoms with van der Waals surface area (Å²) in [5.74, 6) is 0.935. The fourth-order valence-electron chi connectivity index (χ4n) is 2.07. The molecule has 0 unspecified atom stereocenters. The van der Waals surface area contributed by atoms with E-state index in [1.54, 1.807) is 25.1 Å². The average molecular weight is 338 g/mol. The van der Waals surface area contributed by atoms with Crippen LogP contribution >= 0.6 is 11.6 Å². The van der Waals surface area contributed by atoms with Crippen LogP contribution in [0.15, 0.2) is 22.8 Å². The molecule has 0 atom stereocenters. The maximum atomic E-state index is 11.6. The number of nitrogens with zero attached hydrogens (tertiary/aromatic N) is 1. The van der Waals surface area contributed by atoms with Gasteiger partial charge in [0.1, 0.15) is 0 Å². The number of benzene rings is 1. The minimum Gasteiger partial charge on any atom is -0.490 e. The van der Waals surface area contributed by atoms with E-state index < -0.39 is 5.97 Å². The zero-order valence-corrected chi connectivity index (χ0v) is 14.3. The highest BCUT2D eigenvalue weighted by molar-refractivity contribution is 6.32. The predicted molar refractivity (Wildman–Crippen MR) is 90.2 cm³/mol. The van der Waals surface area contributed by atoms with Gasteiger partial charge in [0, 0.05) is 6.92 Å². The van der Waals surface area contributed by atoms with E-state index in [1.807, 2.05) is 6.92 Å². The maximum absolute atomic E-state index is 11.6. The van der Waals surface area contributed by atoms with Gasteiger partial charge in [0.05, 0.1) is 18.2 Å². The molecule has 0 amide bonds. The molecular weight excluding hydrogens is 318 g/mol. The monoisotopic (exact) mass is 337 g/mol. The normalized spacial score (nSPS) is 15.6. The van der Waals surface area contributed by atoms with Gasteiger partial charge in [0.25, 0.3) is 0 Å². The van der Waals surface area contributed by atoms with Gasteiger partial charge in [-0.05, 0) is 37.1 Å². The van der Waals surface area contributed by atoms with Crippen LogP contribution in [0.1, 0.15) is 39.2 Å². The van der Waals surface area contributed by atoms with Crippen molar-refractivity contribution in [3.8, 4) is 11.5 Å². The molecule has 1 heterocycles. The van der Waals surface area contributed by atoms with Gasteiger partial charge < -0.3 is 14.2 Å². The van der Waals surface area contributed by atoms with Crippen LogP contribution in [-0.4, -0.2) is 25.1 Å². The molecule has 2 rings (SSSR count). The van der Waals surface area contributed by atoms with Gasteiger partial charge in [-0.25, -0.2) is 9.79 Å².